The van der Waals surface area contributed by atoms with Crippen LogP contribution in [0.1, 0.15) is 78.6 Å². The van der Waals surface area contributed by atoms with E-state index in [0.29, 0.717) is 19.3 Å². The lowest BCUT2D eigenvalue weighted by Gasteiger charge is -2.15. The molecule has 6 nitrogen and oxygen atoms in total. The van der Waals surface area contributed by atoms with Gasteiger partial charge in [-0.05, 0) is 19.3 Å². The van der Waals surface area contributed by atoms with E-state index in [1.54, 1.807) is 0 Å². The zero-order valence-electron chi connectivity index (χ0n) is 16.0. The second-order valence-electron chi connectivity index (χ2n) is 6.06. The minimum atomic E-state index is -1.63. The van der Waals surface area contributed by atoms with Crippen molar-refractivity contribution in [2.24, 2.45) is 5.92 Å². The lowest BCUT2D eigenvalue weighted by atomic mass is 10.1. The summed E-state index contributed by atoms with van der Waals surface area (Å²) in [5, 5.41) is 0. The minimum absolute atomic E-state index is 0.190. The molecular weight excluding hydrogens is 324 g/mol. The van der Waals surface area contributed by atoms with Crippen LogP contribution in [0.5, 0.6) is 0 Å². The normalized spacial score (nSPS) is 10.6. The molecule has 0 rings (SSSR count). The number of hydrogen-bond acceptors (Lipinski definition) is 6. The molecule has 0 aromatic rings. The van der Waals surface area contributed by atoms with Crippen LogP contribution < -0.4 is 0 Å². The van der Waals surface area contributed by atoms with Gasteiger partial charge >= 0.3 is 17.9 Å². The molecule has 0 aliphatic rings. The van der Waals surface area contributed by atoms with E-state index in [1.807, 2.05) is 20.8 Å². The smallest absolute Gasteiger partial charge is 0.331 e. The summed E-state index contributed by atoms with van der Waals surface area (Å²) >= 11 is 0. The van der Waals surface area contributed by atoms with Crippen molar-refractivity contribution in [3.63, 3.8) is 0 Å². The predicted molar refractivity (Wildman–Crippen MR) is 94.9 cm³/mol. The standard InChI is InChI=1S/C19H34O6/c1-4-7-10-13-23-17(20)16(18(21)24-14-11-8-5-2)19(22)25-15-12-9-6-3/h16H,4-15H2,1-3H3. The summed E-state index contributed by atoms with van der Waals surface area (Å²) in [4.78, 5) is 36.4. The third-order valence-corrected chi connectivity index (χ3v) is 3.68. The van der Waals surface area contributed by atoms with Crippen LogP contribution in [0.3, 0.4) is 0 Å². The van der Waals surface area contributed by atoms with Crippen LogP contribution in [0.15, 0.2) is 0 Å². The molecule has 0 heterocycles. The first-order valence-electron chi connectivity index (χ1n) is 9.58. The highest BCUT2D eigenvalue weighted by atomic mass is 16.6. The second kappa shape index (κ2) is 15.9. The van der Waals surface area contributed by atoms with Crippen LogP contribution in [0.4, 0.5) is 0 Å². The van der Waals surface area contributed by atoms with E-state index in [1.165, 1.54) is 0 Å². The first-order chi connectivity index (χ1) is 12.1. The van der Waals surface area contributed by atoms with Gasteiger partial charge in [-0.2, -0.15) is 0 Å². The van der Waals surface area contributed by atoms with Crippen LogP contribution in [0.25, 0.3) is 0 Å². The monoisotopic (exact) mass is 358 g/mol. The Kier molecular flexibility index (Phi) is 14.9. The lowest BCUT2D eigenvalue weighted by Crippen LogP contribution is -2.36. The van der Waals surface area contributed by atoms with Gasteiger partial charge in [0.05, 0.1) is 19.8 Å². The maximum Gasteiger partial charge on any atom is 0.331 e. The Morgan fingerprint density at radius 2 is 0.840 bits per heavy atom. The van der Waals surface area contributed by atoms with Gasteiger partial charge in [-0.25, -0.2) is 0 Å². The van der Waals surface area contributed by atoms with E-state index in [9.17, 15) is 14.4 Å². The van der Waals surface area contributed by atoms with Crippen LogP contribution in [0, 0.1) is 5.92 Å². The first kappa shape index (κ1) is 23.4. The molecule has 0 aliphatic heterocycles. The van der Waals surface area contributed by atoms with Gasteiger partial charge in [-0.15, -0.1) is 0 Å². The van der Waals surface area contributed by atoms with Gasteiger partial charge in [-0.3, -0.25) is 14.4 Å². The summed E-state index contributed by atoms with van der Waals surface area (Å²) in [5.74, 6) is -4.27. The average Bonchev–Trinajstić information content (AvgIpc) is 2.59. The Balaban J connectivity index is 4.58. The zero-order valence-corrected chi connectivity index (χ0v) is 16.0. The Hall–Kier alpha value is -1.59. The van der Waals surface area contributed by atoms with Gasteiger partial charge < -0.3 is 14.2 Å². The fraction of sp³-hybridized carbons (Fsp3) is 0.842. The highest BCUT2D eigenvalue weighted by molar-refractivity contribution is 6.12. The number of carbonyl (C=O) groups is 3. The molecule has 0 radical (unpaired) electrons. The number of unbranched alkanes of at least 4 members (excludes halogenated alkanes) is 6. The van der Waals surface area contributed by atoms with Gasteiger partial charge in [0.1, 0.15) is 0 Å². The van der Waals surface area contributed by atoms with Crippen LogP contribution in [-0.2, 0) is 28.6 Å². The third-order valence-electron chi connectivity index (χ3n) is 3.68. The molecule has 146 valence electrons. The Bertz CT molecular complexity index is 323. The van der Waals surface area contributed by atoms with Crippen molar-refractivity contribution < 1.29 is 28.6 Å². The molecule has 25 heavy (non-hydrogen) atoms. The van der Waals surface area contributed by atoms with Gasteiger partial charge in [-0.1, -0.05) is 59.3 Å². The minimum Gasteiger partial charge on any atom is -0.465 e. The van der Waals surface area contributed by atoms with Crippen molar-refractivity contribution >= 4 is 17.9 Å². The average molecular weight is 358 g/mol. The highest BCUT2D eigenvalue weighted by Crippen LogP contribution is 2.10. The van der Waals surface area contributed by atoms with Crippen LogP contribution >= 0.6 is 0 Å². The summed E-state index contributed by atoms with van der Waals surface area (Å²) in [5.41, 5.74) is 0. The summed E-state index contributed by atoms with van der Waals surface area (Å²) in [6.07, 6.45) is 7.81. The molecule has 0 bridgehead atoms. The fourth-order valence-electron chi connectivity index (χ4n) is 2.11. The van der Waals surface area contributed by atoms with E-state index < -0.39 is 23.8 Å². The molecule has 0 unspecified atom stereocenters. The van der Waals surface area contributed by atoms with E-state index in [4.69, 9.17) is 14.2 Å². The Labute approximate surface area is 151 Å². The number of ether oxygens (including phenoxy) is 3. The SMILES string of the molecule is CCCCCOC(=O)C(C(=O)OCCCCC)C(=O)OCCCCC. The molecule has 0 atom stereocenters. The van der Waals surface area contributed by atoms with Crippen molar-refractivity contribution in [3.05, 3.63) is 0 Å². The molecule has 0 fully saturated rings. The van der Waals surface area contributed by atoms with Crippen molar-refractivity contribution in [1.82, 2.24) is 0 Å². The number of rotatable bonds is 15. The van der Waals surface area contributed by atoms with Crippen molar-refractivity contribution in [2.75, 3.05) is 19.8 Å². The summed E-state index contributed by atoms with van der Waals surface area (Å²) < 4.78 is 15.2. The largest absolute Gasteiger partial charge is 0.465 e. The molecule has 0 spiro atoms. The molecule has 0 saturated heterocycles. The molecule has 0 amide bonds. The molecule has 6 heteroatoms. The van der Waals surface area contributed by atoms with Gasteiger partial charge in [0.2, 0.25) is 0 Å². The molecule has 0 aromatic heterocycles. The number of hydrogen-bond donors (Lipinski definition) is 0. The molecule has 0 aliphatic carbocycles. The van der Waals surface area contributed by atoms with Gasteiger partial charge in [0.25, 0.3) is 5.92 Å². The topological polar surface area (TPSA) is 78.9 Å². The third kappa shape index (κ3) is 11.6. The van der Waals surface area contributed by atoms with Gasteiger partial charge in [0.15, 0.2) is 0 Å². The molecule has 0 N–H and O–H groups in total. The number of carbonyl (C=O) groups excluding carboxylic acids is 3. The van der Waals surface area contributed by atoms with E-state index in [0.717, 1.165) is 38.5 Å². The predicted octanol–water partition coefficient (Wildman–Crippen LogP) is 3.80. The quantitative estimate of drug-likeness (QED) is 0.192. The van der Waals surface area contributed by atoms with Crippen LogP contribution in [0.2, 0.25) is 0 Å². The maximum atomic E-state index is 12.1. The Morgan fingerprint density at radius 3 is 1.08 bits per heavy atom. The van der Waals surface area contributed by atoms with Crippen molar-refractivity contribution in [1.29, 1.82) is 0 Å². The Morgan fingerprint density at radius 1 is 0.560 bits per heavy atom. The first-order valence-corrected chi connectivity index (χ1v) is 9.58. The van der Waals surface area contributed by atoms with E-state index in [-0.39, 0.29) is 19.8 Å². The van der Waals surface area contributed by atoms with Crippen LogP contribution in [-0.4, -0.2) is 37.7 Å². The van der Waals surface area contributed by atoms with Gasteiger partial charge in [0, 0.05) is 0 Å². The summed E-state index contributed by atoms with van der Waals surface area (Å²) in [7, 11) is 0. The lowest BCUT2D eigenvalue weighted by molar-refractivity contribution is -0.172. The summed E-state index contributed by atoms with van der Waals surface area (Å²) in [6, 6.07) is 0. The highest BCUT2D eigenvalue weighted by Gasteiger charge is 2.38. The summed E-state index contributed by atoms with van der Waals surface area (Å²) in [6.45, 7) is 6.67. The molecule has 0 aromatic carbocycles. The maximum absolute atomic E-state index is 12.1. The molecule has 0 saturated carbocycles. The fourth-order valence-corrected chi connectivity index (χ4v) is 2.11. The van der Waals surface area contributed by atoms with E-state index in [2.05, 4.69) is 0 Å². The van der Waals surface area contributed by atoms with Crippen molar-refractivity contribution in [2.45, 2.75) is 78.6 Å². The van der Waals surface area contributed by atoms with E-state index >= 15 is 0 Å². The molecular formula is C19H34O6. The second-order valence-corrected chi connectivity index (χ2v) is 6.06. The zero-order chi connectivity index (χ0) is 18.9. The van der Waals surface area contributed by atoms with Crippen molar-refractivity contribution in [3.8, 4) is 0 Å². The number of esters is 3.